The maximum absolute atomic E-state index is 12.4. The molecule has 24 heavy (non-hydrogen) atoms. The molecule has 0 spiro atoms. The second-order valence-electron chi connectivity index (χ2n) is 5.96. The number of halogens is 1. The van der Waals surface area contributed by atoms with E-state index in [1.165, 1.54) is 10.6 Å². The van der Waals surface area contributed by atoms with Crippen LogP contribution in [0, 0.1) is 5.92 Å². The highest BCUT2D eigenvalue weighted by Gasteiger charge is 2.28. The van der Waals surface area contributed by atoms with Gasteiger partial charge in [-0.3, -0.25) is 4.99 Å². The lowest BCUT2D eigenvalue weighted by Gasteiger charge is -2.35. The Morgan fingerprint density at radius 3 is 2.54 bits per heavy atom. The molecular formula is C14H26IN5O3S. The number of aliphatic imine (C=N–C) groups is 1. The summed E-state index contributed by atoms with van der Waals surface area (Å²) in [5, 5.41) is 6.99. The van der Waals surface area contributed by atoms with Crippen molar-refractivity contribution in [2.45, 2.75) is 19.6 Å². The number of sulfonamides is 1. The van der Waals surface area contributed by atoms with Crippen molar-refractivity contribution in [1.82, 2.24) is 19.7 Å². The van der Waals surface area contributed by atoms with Crippen molar-refractivity contribution in [3.05, 3.63) is 18.0 Å². The SMILES string of the molecule is CN=C(NCC(C)C)N1CCN(S(=O)(=O)Cc2ccon2)CC1.I. The van der Waals surface area contributed by atoms with Crippen LogP contribution in [-0.4, -0.2) is 68.5 Å². The van der Waals surface area contributed by atoms with Crippen molar-refractivity contribution in [3.63, 3.8) is 0 Å². The van der Waals surface area contributed by atoms with Crippen LogP contribution < -0.4 is 5.32 Å². The van der Waals surface area contributed by atoms with E-state index >= 15 is 0 Å². The van der Waals surface area contributed by atoms with Crippen LogP contribution in [0.25, 0.3) is 0 Å². The third-order valence-corrected chi connectivity index (χ3v) is 5.45. The molecule has 0 unspecified atom stereocenters. The molecule has 0 saturated carbocycles. The normalized spacial score (nSPS) is 17.0. The minimum atomic E-state index is -3.36. The Hall–Kier alpha value is -0.880. The van der Waals surface area contributed by atoms with Crippen molar-refractivity contribution in [2.75, 3.05) is 39.8 Å². The quantitative estimate of drug-likeness (QED) is 0.391. The zero-order valence-corrected chi connectivity index (χ0v) is 17.5. The van der Waals surface area contributed by atoms with E-state index in [0.29, 0.717) is 37.8 Å². The number of hydrogen-bond acceptors (Lipinski definition) is 5. The van der Waals surface area contributed by atoms with E-state index in [1.54, 1.807) is 13.1 Å². The van der Waals surface area contributed by atoms with E-state index in [0.717, 1.165) is 12.5 Å². The van der Waals surface area contributed by atoms with Gasteiger partial charge in [-0.05, 0) is 5.92 Å². The molecule has 1 fully saturated rings. The predicted octanol–water partition coefficient (Wildman–Crippen LogP) is 0.971. The van der Waals surface area contributed by atoms with Crippen molar-refractivity contribution in [1.29, 1.82) is 0 Å². The van der Waals surface area contributed by atoms with Crippen molar-refractivity contribution in [3.8, 4) is 0 Å². The minimum Gasteiger partial charge on any atom is -0.364 e. The van der Waals surface area contributed by atoms with Crippen molar-refractivity contribution >= 4 is 40.0 Å². The summed E-state index contributed by atoms with van der Waals surface area (Å²) < 4.78 is 31.0. The molecule has 0 radical (unpaired) electrons. The van der Waals surface area contributed by atoms with Crippen LogP contribution in [0.3, 0.4) is 0 Å². The second-order valence-corrected chi connectivity index (χ2v) is 7.92. The fourth-order valence-corrected chi connectivity index (χ4v) is 3.82. The standard InChI is InChI=1S/C14H25N5O3S.HI/c1-12(2)10-16-14(15-3)18-5-7-19(8-6-18)23(20,21)11-13-4-9-22-17-13;/h4,9,12H,5-8,10-11H2,1-3H3,(H,15,16);1H. The van der Waals surface area contributed by atoms with Gasteiger partial charge in [-0.25, -0.2) is 8.42 Å². The largest absolute Gasteiger partial charge is 0.364 e. The lowest BCUT2D eigenvalue weighted by atomic mass is 10.2. The smallest absolute Gasteiger partial charge is 0.220 e. The van der Waals surface area contributed by atoms with Gasteiger partial charge in [0.25, 0.3) is 0 Å². The molecule has 1 aromatic heterocycles. The topological polar surface area (TPSA) is 91.0 Å². The van der Waals surface area contributed by atoms with Crippen molar-refractivity contribution in [2.24, 2.45) is 10.9 Å². The first-order chi connectivity index (χ1) is 10.9. The lowest BCUT2D eigenvalue weighted by Crippen LogP contribution is -2.54. The molecule has 1 saturated heterocycles. The first-order valence-electron chi connectivity index (χ1n) is 7.75. The molecule has 0 amide bonds. The van der Waals surface area contributed by atoms with Gasteiger partial charge in [0, 0.05) is 45.8 Å². The monoisotopic (exact) mass is 471 g/mol. The fourth-order valence-electron chi connectivity index (χ4n) is 2.40. The molecule has 138 valence electrons. The van der Waals surface area contributed by atoms with Crippen LogP contribution >= 0.6 is 24.0 Å². The lowest BCUT2D eigenvalue weighted by molar-refractivity contribution is 0.259. The minimum absolute atomic E-state index is 0. The summed E-state index contributed by atoms with van der Waals surface area (Å²) >= 11 is 0. The molecule has 0 aromatic carbocycles. The summed E-state index contributed by atoms with van der Waals surface area (Å²) in [5.74, 6) is 1.23. The molecule has 0 atom stereocenters. The number of rotatable bonds is 5. The van der Waals surface area contributed by atoms with Gasteiger partial charge in [-0.15, -0.1) is 24.0 Å². The van der Waals surface area contributed by atoms with E-state index < -0.39 is 10.0 Å². The van der Waals surface area contributed by atoms with Gasteiger partial charge in [-0.2, -0.15) is 4.31 Å². The Morgan fingerprint density at radius 2 is 2.04 bits per heavy atom. The van der Waals surface area contributed by atoms with Crippen LogP contribution in [0.15, 0.2) is 21.8 Å². The molecule has 1 aromatic rings. The molecule has 10 heteroatoms. The molecule has 0 bridgehead atoms. The summed E-state index contributed by atoms with van der Waals surface area (Å²) in [5.41, 5.74) is 0.432. The predicted molar refractivity (Wildman–Crippen MR) is 104 cm³/mol. The summed E-state index contributed by atoms with van der Waals surface area (Å²) in [6.07, 6.45) is 1.38. The Morgan fingerprint density at radius 1 is 1.38 bits per heavy atom. The van der Waals surface area contributed by atoms with E-state index in [4.69, 9.17) is 4.52 Å². The Labute approximate surface area is 160 Å². The first kappa shape index (κ1) is 21.2. The molecule has 2 rings (SSSR count). The van der Waals surface area contributed by atoms with Gasteiger partial charge in [0.2, 0.25) is 10.0 Å². The average Bonchev–Trinajstić information content (AvgIpc) is 3.00. The molecule has 0 aliphatic carbocycles. The third kappa shape index (κ3) is 5.88. The zero-order valence-electron chi connectivity index (χ0n) is 14.3. The molecule has 2 heterocycles. The van der Waals surface area contributed by atoms with Gasteiger partial charge in [0.05, 0.1) is 5.69 Å². The molecular weight excluding hydrogens is 445 g/mol. The number of guanidine groups is 1. The van der Waals surface area contributed by atoms with Crippen LogP contribution in [0.1, 0.15) is 19.5 Å². The Kier molecular flexibility index (Phi) is 8.43. The summed E-state index contributed by atoms with van der Waals surface area (Å²) in [6.45, 7) is 7.25. The molecule has 1 aliphatic rings. The number of nitrogens with zero attached hydrogens (tertiary/aromatic N) is 4. The maximum atomic E-state index is 12.4. The summed E-state index contributed by atoms with van der Waals surface area (Å²) in [4.78, 5) is 6.36. The third-order valence-electron chi connectivity index (χ3n) is 3.63. The Balaban J connectivity index is 0.00000288. The number of aromatic nitrogens is 1. The van der Waals surface area contributed by atoms with E-state index in [-0.39, 0.29) is 29.7 Å². The molecule has 1 aliphatic heterocycles. The average molecular weight is 471 g/mol. The van der Waals surface area contributed by atoms with Gasteiger partial charge in [0.15, 0.2) is 5.96 Å². The Bertz CT molecular complexity index is 610. The van der Waals surface area contributed by atoms with Crippen LogP contribution in [0.4, 0.5) is 0 Å². The summed E-state index contributed by atoms with van der Waals surface area (Å²) in [6, 6.07) is 1.57. The van der Waals surface area contributed by atoms with E-state index in [1.807, 2.05) is 0 Å². The fraction of sp³-hybridized carbons (Fsp3) is 0.714. The summed E-state index contributed by atoms with van der Waals surface area (Å²) in [7, 11) is -1.62. The van der Waals surface area contributed by atoms with Crippen LogP contribution in [0.2, 0.25) is 0 Å². The van der Waals surface area contributed by atoms with Crippen molar-refractivity contribution < 1.29 is 12.9 Å². The molecule has 8 nitrogen and oxygen atoms in total. The van der Waals surface area contributed by atoms with E-state index in [9.17, 15) is 8.42 Å². The van der Waals surface area contributed by atoms with Gasteiger partial charge in [0.1, 0.15) is 12.0 Å². The first-order valence-corrected chi connectivity index (χ1v) is 9.36. The van der Waals surface area contributed by atoms with Crippen LogP contribution in [-0.2, 0) is 15.8 Å². The highest BCUT2D eigenvalue weighted by atomic mass is 127. The zero-order chi connectivity index (χ0) is 16.9. The van der Waals surface area contributed by atoms with Crippen LogP contribution in [0.5, 0.6) is 0 Å². The highest BCUT2D eigenvalue weighted by Crippen LogP contribution is 2.12. The maximum Gasteiger partial charge on any atom is 0.220 e. The van der Waals surface area contributed by atoms with E-state index in [2.05, 4.69) is 34.2 Å². The highest BCUT2D eigenvalue weighted by molar-refractivity contribution is 14.0. The van der Waals surface area contributed by atoms with Gasteiger partial charge in [-0.1, -0.05) is 19.0 Å². The van der Waals surface area contributed by atoms with Gasteiger partial charge >= 0.3 is 0 Å². The molecule has 1 N–H and O–H groups in total. The second kappa shape index (κ2) is 9.56. The number of nitrogens with one attached hydrogen (secondary N) is 1. The number of piperazine rings is 1. The number of hydrogen-bond donors (Lipinski definition) is 1. The van der Waals surface area contributed by atoms with Gasteiger partial charge < -0.3 is 14.7 Å².